The molecule has 8 heteroatoms. The van der Waals surface area contributed by atoms with Gasteiger partial charge in [0.05, 0.1) is 17.5 Å². The fourth-order valence-electron chi connectivity index (χ4n) is 1.84. The Kier molecular flexibility index (Phi) is 3.48. The van der Waals surface area contributed by atoms with Crippen LogP contribution in [0.2, 0.25) is 0 Å². The van der Waals surface area contributed by atoms with Crippen LogP contribution >= 0.6 is 0 Å². The van der Waals surface area contributed by atoms with Crippen LogP contribution in [0.1, 0.15) is 17.8 Å². The van der Waals surface area contributed by atoms with Crippen molar-refractivity contribution in [3.8, 4) is 0 Å². The normalized spacial score (nSPS) is 20.9. The third-order valence-corrected chi connectivity index (χ3v) is 4.12. The fraction of sp³-hybridized carbons (Fsp3) is 0.667. The first-order valence-electron chi connectivity index (χ1n) is 5.40. The number of aromatic nitrogens is 2. The van der Waals surface area contributed by atoms with E-state index in [1.165, 1.54) is 0 Å². The van der Waals surface area contributed by atoms with E-state index in [0.29, 0.717) is 17.9 Å². The van der Waals surface area contributed by atoms with Crippen molar-refractivity contribution in [2.45, 2.75) is 31.3 Å². The highest BCUT2D eigenvalue weighted by Gasteiger charge is 2.24. The van der Waals surface area contributed by atoms with E-state index in [4.69, 9.17) is 4.84 Å². The van der Waals surface area contributed by atoms with Gasteiger partial charge < -0.3 is 5.32 Å². The number of aryl methyl sites for hydroxylation is 2. The number of nitrogens with zero attached hydrogens (tertiary/aromatic N) is 1. The number of sulfonamides is 1. The Morgan fingerprint density at radius 2 is 2.24 bits per heavy atom. The second kappa shape index (κ2) is 4.73. The topological polar surface area (TPSA) is 96.1 Å². The van der Waals surface area contributed by atoms with Gasteiger partial charge in [0, 0.05) is 6.54 Å². The highest BCUT2D eigenvalue weighted by Crippen LogP contribution is 2.16. The van der Waals surface area contributed by atoms with Crippen LogP contribution in [0.3, 0.4) is 0 Å². The molecule has 2 rings (SSSR count). The minimum Gasteiger partial charge on any atom is -0.314 e. The molecule has 1 atom stereocenters. The molecular weight excluding hydrogens is 244 g/mol. The first kappa shape index (κ1) is 12.5. The molecule has 17 heavy (non-hydrogen) atoms. The van der Waals surface area contributed by atoms with Crippen molar-refractivity contribution in [3.63, 3.8) is 0 Å². The molecule has 1 aromatic heterocycles. The van der Waals surface area contributed by atoms with Crippen LogP contribution in [0, 0.1) is 13.8 Å². The Hall–Kier alpha value is -0.960. The summed E-state index contributed by atoms with van der Waals surface area (Å²) in [5.41, 5.74) is 0.936. The quantitative estimate of drug-likeness (QED) is 0.640. The van der Waals surface area contributed by atoms with Gasteiger partial charge in [0.2, 0.25) is 0 Å². The van der Waals surface area contributed by atoms with E-state index in [0.717, 1.165) is 13.0 Å². The number of nitrogens with one attached hydrogen (secondary N) is 3. The van der Waals surface area contributed by atoms with Gasteiger partial charge in [0.15, 0.2) is 0 Å². The summed E-state index contributed by atoms with van der Waals surface area (Å²) in [6.45, 7) is 4.79. The summed E-state index contributed by atoms with van der Waals surface area (Å²) in [4.78, 5) is 7.47. The van der Waals surface area contributed by atoms with Gasteiger partial charge in [-0.3, -0.25) is 9.94 Å². The second-order valence-electron chi connectivity index (χ2n) is 4.08. The van der Waals surface area contributed by atoms with E-state index in [-0.39, 0.29) is 11.0 Å². The molecule has 0 amide bonds. The molecule has 2 heterocycles. The molecule has 1 aliphatic rings. The fourth-order valence-corrected chi connectivity index (χ4v) is 3.07. The molecule has 0 radical (unpaired) electrons. The molecule has 3 N–H and O–H groups in total. The van der Waals surface area contributed by atoms with Gasteiger partial charge in [-0.1, -0.05) is 4.89 Å². The van der Waals surface area contributed by atoms with Crippen LogP contribution in [-0.2, 0) is 14.9 Å². The molecule has 0 aromatic carbocycles. The Morgan fingerprint density at radius 3 is 2.76 bits per heavy atom. The Morgan fingerprint density at radius 1 is 1.47 bits per heavy atom. The molecule has 0 spiro atoms. The molecule has 1 unspecified atom stereocenters. The maximum Gasteiger partial charge on any atom is 0.266 e. The van der Waals surface area contributed by atoms with Crippen LogP contribution < -0.4 is 10.2 Å². The van der Waals surface area contributed by atoms with Crippen molar-refractivity contribution < 1.29 is 13.3 Å². The molecule has 0 bridgehead atoms. The molecule has 1 aliphatic heterocycles. The van der Waals surface area contributed by atoms with Gasteiger partial charge in [-0.25, -0.2) is 8.42 Å². The van der Waals surface area contributed by atoms with Crippen molar-refractivity contribution in [1.82, 2.24) is 20.4 Å². The van der Waals surface area contributed by atoms with Crippen molar-refractivity contribution in [3.05, 3.63) is 11.4 Å². The zero-order valence-corrected chi connectivity index (χ0v) is 10.6. The summed E-state index contributed by atoms with van der Waals surface area (Å²) in [5, 5.41) is 9.57. The Balaban J connectivity index is 2.08. The third kappa shape index (κ3) is 2.65. The zero-order valence-electron chi connectivity index (χ0n) is 9.78. The van der Waals surface area contributed by atoms with Gasteiger partial charge in [-0.05, 0) is 26.8 Å². The Labute approximate surface area is 99.9 Å². The maximum absolute atomic E-state index is 12.0. The van der Waals surface area contributed by atoms with Gasteiger partial charge >= 0.3 is 0 Å². The highest BCUT2D eigenvalue weighted by molar-refractivity contribution is 7.89. The monoisotopic (exact) mass is 260 g/mol. The maximum atomic E-state index is 12.0. The van der Waals surface area contributed by atoms with E-state index in [2.05, 4.69) is 20.4 Å². The van der Waals surface area contributed by atoms with Crippen molar-refractivity contribution in [2.75, 3.05) is 13.1 Å². The van der Waals surface area contributed by atoms with Gasteiger partial charge in [-0.2, -0.15) is 5.10 Å². The summed E-state index contributed by atoms with van der Waals surface area (Å²) in [7, 11) is -3.66. The number of rotatable bonds is 4. The molecule has 7 nitrogen and oxygen atoms in total. The SMILES string of the molecule is Cc1n[nH]c(C)c1S(=O)(=O)NOC1CCNC1. The largest absolute Gasteiger partial charge is 0.314 e. The van der Waals surface area contributed by atoms with Gasteiger partial charge in [0.25, 0.3) is 10.0 Å². The van der Waals surface area contributed by atoms with Crippen LogP contribution in [-0.4, -0.2) is 37.8 Å². The first-order chi connectivity index (χ1) is 8.00. The lowest BCUT2D eigenvalue weighted by molar-refractivity contribution is 0.0303. The average molecular weight is 260 g/mol. The molecule has 1 aromatic rings. The summed E-state index contributed by atoms with van der Waals surface area (Å²) in [6, 6.07) is 0. The average Bonchev–Trinajstić information content (AvgIpc) is 2.86. The van der Waals surface area contributed by atoms with Crippen molar-refractivity contribution in [2.24, 2.45) is 0 Å². The summed E-state index contributed by atoms with van der Waals surface area (Å²) < 4.78 is 24.0. The molecule has 96 valence electrons. The van der Waals surface area contributed by atoms with E-state index < -0.39 is 10.0 Å². The van der Waals surface area contributed by atoms with E-state index in [9.17, 15) is 8.42 Å². The van der Waals surface area contributed by atoms with Crippen LogP contribution in [0.25, 0.3) is 0 Å². The predicted octanol–water partition coefficient (Wildman–Crippen LogP) is -0.402. The van der Waals surface area contributed by atoms with Gasteiger partial charge in [-0.15, -0.1) is 0 Å². The molecule has 0 aliphatic carbocycles. The highest BCUT2D eigenvalue weighted by atomic mass is 32.2. The minimum absolute atomic E-state index is 0.114. The summed E-state index contributed by atoms with van der Waals surface area (Å²) in [6.07, 6.45) is 0.684. The van der Waals surface area contributed by atoms with E-state index >= 15 is 0 Å². The summed E-state index contributed by atoms with van der Waals surface area (Å²) >= 11 is 0. The van der Waals surface area contributed by atoms with Crippen LogP contribution in [0.4, 0.5) is 0 Å². The number of H-pyrrole nitrogens is 1. The van der Waals surface area contributed by atoms with E-state index in [1.54, 1.807) is 13.8 Å². The molecule has 1 fully saturated rings. The van der Waals surface area contributed by atoms with Crippen molar-refractivity contribution >= 4 is 10.0 Å². The predicted molar refractivity (Wildman–Crippen MR) is 60.7 cm³/mol. The zero-order chi connectivity index (χ0) is 12.5. The number of hydrogen-bond donors (Lipinski definition) is 3. The van der Waals surface area contributed by atoms with Crippen LogP contribution in [0.5, 0.6) is 0 Å². The lowest BCUT2D eigenvalue weighted by atomic mass is 10.3. The standard InChI is InChI=1S/C9H16N4O3S/c1-6-9(7(2)12-11-6)17(14,15)13-16-8-3-4-10-5-8/h8,10,13H,3-5H2,1-2H3,(H,11,12). The van der Waals surface area contributed by atoms with Crippen molar-refractivity contribution in [1.29, 1.82) is 0 Å². The minimum atomic E-state index is -3.66. The smallest absolute Gasteiger partial charge is 0.266 e. The lowest BCUT2D eigenvalue weighted by Gasteiger charge is -2.11. The van der Waals surface area contributed by atoms with E-state index in [1.807, 2.05) is 0 Å². The molecular formula is C9H16N4O3S. The lowest BCUT2D eigenvalue weighted by Crippen LogP contribution is -2.31. The third-order valence-electron chi connectivity index (χ3n) is 2.67. The molecule has 0 saturated carbocycles. The first-order valence-corrected chi connectivity index (χ1v) is 6.89. The second-order valence-corrected chi connectivity index (χ2v) is 5.66. The number of hydrogen-bond acceptors (Lipinski definition) is 5. The molecule has 1 saturated heterocycles. The summed E-state index contributed by atoms with van der Waals surface area (Å²) in [5.74, 6) is 0. The van der Waals surface area contributed by atoms with Crippen LogP contribution in [0.15, 0.2) is 4.90 Å². The van der Waals surface area contributed by atoms with Gasteiger partial charge in [0.1, 0.15) is 4.90 Å². The number of aromatic amines is 1. The Bertz CT molecular complexity index is 471.